The molecule has 1 aromatic rings. The summed E-state index contributed by atoms with van der Waals surface area (Å²) in [4.78, 5) is 12.3. The number of hydrogen-bond acceptors (Lipinski definition) is 2. The highest BCUT2D eigenvalue weighted by Crippen LogP contribution is 2.14. The normalized spacial score (nSPS) is 12.2. The lowest BCUT2D eigenvalue weighted by Crippen LogP contribution is -2.29. The van der Waals surface area contributed by atoms with Gasteiger partial charge >= 0.3 is 0 Å². The van der Waals surface area contributed by atoms with E-state index in [9.17, 15) is 9.18 Å². The quantitative estimate of drug-likeness (QED) is 0.663. The number of carbonyl (C=O) groups is 1. The van der Waals surface area contributed by atoms with E-state index in [0.29, 0.717) is 0 Å². The van der Waals surface area contributed by atoms with Crippen LogP contribution in [0.1, 0.15) is 6.92 Å². The summed E-state index contributed by atoms with van der Waals surface area (Å²) in [7, 11) is 1.80. The van der Waals surface area contributed by atoms with Gasteiger partial charge in [-0.1, -0.05) is 0 Å². The van der Waals surface area contributed by atoms with Crippen LogP contribution >= 0.6 is 0 Å². The van der Waals surface area contributed by atoms with Crippen molar-refractivity contribution < 1.29 is 9.18 Å². The van der Waals surface area contributed by atoms with E-state index >= 15 is 0 Å². The second-order valence-electron chi connectivity index (χ2n) is 2.96. The molecule has 0 bridgehead atoms. The Morgan fingerprint density at radius 2 is 1.92 bits per heavy atom. The number of halogens is 1. The molecule has 0 spiro atoms. The molecule has 0 saturated carbocycles. The molecule has 1 atom stereocenters. The maximum Gasteiger partial charge on any atom is 0.142 e. The third-order valence-corrected chi connectivity index (χ3v) is 2.04. The summed E-state index contributed by atoms with van der Waals surface area (Å²) in [6.45, 7) is 1.79. The molecule has 13 heavy (non-hydrogen) atoms. The Kier molecular flexibility index (Phi) is 3.01. The Hall–Kier alpha value is -1.38. The Morgan fingerprint density at radius 3 is 2.38 bits per heavy atom. The van der Waals surface area contributed by atoms with Crippen molar-refractivity contribution in [1.29, 1.82) is 0 Å². The van der Waals surface area contributed by atoms with E-state index in [2.05, 4.69) is 0 Å². The lowest BCUT2D eigenvalue weighted by molar-refractivity contribution is -0.108. The van der Waals surface area contributed by atoms with Crippen molar-refractivity contribution in [3.05, 3.63) is 30.1 Å². The molecule has 0 aliphatic heterocycles. The number of nitrogens with zero attached hydrogens (tertiary/aromatic N) is 1. The van der Waals surface area contributed by atoms with E-state index < -0.39 is 0 Å². The van der Waals surface area contributed by atoms with Gasteiger partial charge in [-0.15, -0.1) is 0 Å². The van der Waals surface area contributed by atoms with E-state index in [1.54, 1.807) is 31.0 Å². The minimum absolute atomic E-state index is 0.189. The molecule has 1 aromatic carbocycles. The Morgan fingerprint density at radius 1 is 1.38 bits per heavy atom. The van der Waals surface area contributed by atoms with Gasteiger partial charge in [0.25, 0.3) is 0 Å². The van der Waals surface area contributed by atoms with Crippen LogP contribution in [-0.4, -0.2) is 19.4 Å². The zero-order valence-corrected chi connectivity index (χ0v) is 7.70. The van der Waals surface area contributed by atoms with Crippen LogP contribution in [-0.2, 0) is 4.79 Å². The highest BCUT2D eigenvalue weighted by Gasteiger charge is 2.07. The number of aldehydes is 1. The molecular formula is C10H12FNO. The second-order valence-corrected chi connectivity index (χ2v) is 2.96. The second kappa shape index (κ2) is 4.03. The first-order valence-corrected chi connectivity index (χ1v) is 4.09. The number of anilines is 1. The lowest BCUT2D eigenvalue weighted by atomic mass is 10.2. The summed E-state index contributed by atoms with van der Waals surface area (Å²) >= 11 is 0. The number of benzene rings is 1. The van der Waals surface area contributed by atoms with E-state index in [1.807, 2.05) is 0 Å². The summed E-state index contributed by atoms with van der Waals surface area (Å²) < 4.78 is 12.5. The molecule has 0 N–H and O–H groups in total. The van der Waals surface area contributed by atoms with Crippen molar-refractivity contribution in [3.63, 3.8) is 0 Å². The number of rotatable bonds is 3. The van der Waals surface area contributed by atoms with Crippen LogP contribution in [0.4, 0.5) is 10.1 Å². The summed E-state index contributed by atoms with van der Waals surface area (Å²) in [5.41, 5.74) is 0.834. The minimum Gasteiger partial charge on any atom is -0.365 e. The third kappa shape index (κ3) is 2.28. The SMILES string of the molecule is C[C@@H](C=O)N(C)c1ccc(F)cc1. The summed E-state index contributed by atoms with van der Waals surface area (Å²) in [6.07, 6.45) is 0.851. The van der Waals surface area contributed by atoms with Gasteiger partial charge in [0.15, 0.2) is 0 Å². The zero-order valence-electron chi connectivity index (χ0n) is 7.70. The van der Waals surface area contributed by atoms with Gasteiger partial charge in [0.2, 0.25) is 0 Å². The molecule has 0 heterocycles. The van der Waals surface area contributed by atoms with Crippen LogP contribution in [0.3, 0.4) is 0 Å². The molecule has 0 aliphatic rings. The molecule has 0 fully saturated rings. The maximum atomic E-state index is 12.5. The van der Waals surface area contributed by atoms with Crippen molar-refractivity contribution in [2.75, 3.05) is 11.9 Å². The van der Waals surface area contributed by atoms with E-state index in [-0.39, 0.29) is 11.9 Å². The molecule has 0 radical (unpaired) electrons. The first-order valence-electron chi connectivity index (χ1n) is 4.09. The van der Waals surface area contributed by atoms with Crippen LogP contribution in [0.15, 0.2) is 24.3 Å². The fourth-order valence-corrected chi connectivity index (χ4v) is 1.00. The molecule has 0 aromatic heterocycles. The molecule has 2 nitrogen and oxygen atoms in total. The Labute approximate surface area is 77.0 Å². The third-order valence-electron chi connectivity index (χ3n) is 2.04. The molecule has 0 saturated heterocycles. The van der Waals surface area contributed by atoms with Crippen LogP contribution < -0.4 is 4.90 Å². The smallest absolute Gasteiger partial charge is 0.142 e. The number of likely N-dealkylation sites (N-methyl/N-ethyl adjacent to an activating group) is 1. The van der Waals surface area contributed by atoms with Crippen molar-refractivity contribution in [2.45, 2.75) is 13.0 Å². The Balaban J connectivity index is 2.82. The van der Waals surface area contributed by atoms with Crippen LogP contribution in [0.2, 0.25) is 0 Å². The first-order chi connectivity index (χ1) is 6.15. The predicted octanol–water partition coefficient (Wildman–Crippen LogP) is 1.85. The fraction of sp³-hybridized carbons (Fsp3) is 0.300. The van der Waals surface area contributed by atoms with Gasteiger partial charge in [0.05, 0.1) is 6.04 Å². The van der Waals surface area contributed by atoms with Gasteiger partial charge in [-0.05, 0) is 31.2 Å². The molecule has 0 amide bonds. The van der Waals surface area contributed by atoms with Gasteiger partial charge < -0.3 is 9.69 Å². The topological polar surface area (TPSA) is 20.3 Å². The highest BCUT2D eigenvalue weighted by molar-refractivity contribution is 5.64. The van der Waals surface area contributed by atoms with Crippen LogP contribution in [0, 0.1) is 5.82 Å². The number of carbonyl (C=O) groups excluding carboxylic acids is 1. The van der Waals surface area contributed by atoms with E-state index in [1.165, 1.54) is 12.1 Å². The van der Waals surface area contributed by atoms with Crippen molar-refractivity contribution in [1.82, 2.24) is 0 Å². The van der Waals surface area contributed by atoms with Crippen molar-refractivity contribution in [3.8, 4) is 0 Å². The molecule has 0 unspecified atom stereocenters. The lowest BCUT2D eigenvalue weighted by Gasteiger charge is -2.22. The summed E-state index contributed by atoms with van der Waals surface area (Å²) in [5.74, 6) is -0.268. The largest absolute Gasteiger partial charge is 0.365 e. The van der Waals surface area contributed by atoms with Gasteiger partial charge in [0.1, 0.15) is 12.1 Å². The molecule has 0 aliphatic carbocycles. The van der Waals surface area contributed by atoms with Crippen molar-refractivity contribution in [2.24, 2.45) is 0 Å². The molecular weight excluding hydrogens is 169 g/mol. The van der Waals surface area contributed by atoms with Gasteiger partial charge in [-0.2, -0.15) is 0 Å². The van der Waals surface area contributed by atoms with E-state index in [4.69, 9.17) is 0 Å². The molecule has 1 rings (SSSR count). The standard InChI is InChI=1S/C10H12FNO/c1-8(7-13)12(2)10-5-3-9(11)4-6-10/h3-8H,1-2H3/t8-/m0/s1. The van der Waals surface area contributed by atoms with Gasteiger partial charge in [-0.25, -0.2) is 4.39 Å². The molecule has 70 valence electrons. The summed E-state index contributed by atoms with van der Waals surface area (Å²) in [5, 5.41) is 0. The zero-order chi connectivity index (χ0) is 9.84. The van der Waals surface area contributed by atoms with Crippen LogP contribution in [0.25, 0.3) is 0 Å². The maximum absolute atomic E-state index is 12.5. The van der Waals surface area contributed by atoms with Crippen LogP contribution in [0.5, 0.6) is 0 Å². The highest BCUT2D eigenvalue weighted by atomic mass is 19.1. The average Bonchev–Trinajstić information content (AvgIpc) is 2.17. The summed E-state index contributed by atoms with van der Waals surface area (Å²) in [6, 6.07) is 5.86. The first kappa shape index (κ1) is 9.71. The van der Waals surface area contributed by atoms with Gasteiger partial charge in [-0.3, -0.25) is 0 Å². The Bertz CT molecular complexity index is 283. The number of hydrogen-bond donors (Lipinski definition) is 0. The monoisotopic (exact) mass is 181 g/mol. The average molecular weight is 181 g/mol. The minimum atomic E-state index is -0.268. The fourth-order valence-electron chi connectivity index (χ4n) is 1.00. The van der Waals surface area contributed by atoms with Gasteiger partial charge in [0, 0.05) is 12.7 Å². The predicted molar refractivity (Wildman–Crippen MR) is 50.3 cm³/mol. The van der Waals surface area contributed by atoms with E-state index in [0.717, 1.165) is 12.0 Å². The molecule has 3 heteroatoms. The van der Waals surface area contributed by atoms with Crippen molar-refractivity contribution >= 4 is 12.0 Å².